The molecule has 24 heavy (non-hydrogen) atoms. The minimum atomic E-state index is -0.0935. The van der Waals surface area contributed by atoms with Crippen LogP contribution in [0.4, 0.5) is 5.95 Å². The molecule has 0 saturated carbocycles. The lowest BCUT2D eigenvalue weighted by Gasteiger charge is -2.24. The van der Waals surface area contributed by atoms with E-state index in [1.807, 2.05) is 44.1 Å². The van der Waals surface area contributed by atoms with Gasteiger partial charge in [0, 0.05) is 20.3 Å². The van der Waals surface area contributed by atoms with Gasteiger partial charge in [0.1, 0.15) is 0 Å². The number of hydrogen-bond donors (Lipinski definition) is 0. The summed E-state index contributed by atoms with van der Waals surface area (Å²) < 4.78 is 10.8. The fourth-order valence-corrected chi connectivity index (χ4v) is 2.97. The highest BCUT2D eigenvalue weighted by Gasteiger charge is 2.33. The van der Waals surface area contributed by atoms with Gasteiger partial charge in [-0.15, -0.1) is 0 Å². The number of benzene rings is 1. The lowest BCUT2D eigenvalue weighted by molar-refractivity contribution is 0.0715. The first-order valence-corrected chi connectivity index (χ1v) is 7.78. The van der Waals surface area contributed by atoms with E-state index in [0.717, 1.165) is 22.8 Å². The third kappa shape index (κ3) is 2.24. The van der Waals surface area contributed by atoms with Crippen LogP contribution in [0.1, 0.15) is 34.6 Å². The minimum absolute atomic E-state index is 0.0412. The number of anilines is 1. The molecule has 7 heteroatoms. The molecule has 1 aromatic carbocycles. The van der Waals surface area contributed by atoms with Crippen molar-refractivity contribution in [3.05, 3.63) is 41.2 Å². The summed E-state index contributed by atoms with van der Waals surface area (Å²) in [6.45, 7) is 2.72. The van der Waals surface area contributed by atoms with Gasteiger partial charge in [-0.05, 0) is 24.6 Å². The van der Waals surface area contributed by atoms with Gasteiger partial charge in [0.15, 0.2) is 11.5 Å². The summed E-state index contributed by atoms with van der Waals surface area (Å²) in [5, 5.41) is 0. The topological polar surface area (TPSA) is 67.8 Å². The van der Waals surface area contributed by atoms with Crippen LogP contribution in [0, 0.1) is 0 Å². The second-order valence-electron chi connectivity index (χ2n) is 6.15. The van der Waals surface area contributed by atoms with E-state index in [1.165, 1.54) is 0 Å². The number of nitrogens with zero attached hydrogens (tertiary/aromatic N) is 4. The van der Waals surface area contributed by atoms with Crippen molar-refractivity contribution in [2.75, 3.05) is 25.8 Å². The second-order valence-corrected chi connectivity index (χ2v) is 6.15. The van der Waals surface area contributed by atoms with Crippen molar-refractivity contribution in [3.8, 4) is 11.5 Å². The SMILES string of the molecule is C[C@H](c1ccc2c(c1)OCO2)N1Cc2nc(N(C)C)ncc2C1=O. The number of amides is 1. The van der Waals surface area contributed by atoms with Crippen molar-refractivity contribution < 1.29 is 14.3 Å². The van der Waals surface area contributed by atoms with Crippen LogP contribution in [0.2, 0.25) is 0 Å². The molecule has 0 unspecified atom stereocenters. The molecule has 1 aromatic heterocycles. The van der Waals surface area contributed by atoms with Crippen LogP contribution >= 0.6 is 0 Å². The highest BCUT2D eigenvalue weighted by Crippen LogP contribution is 2.37. The van der Waals surface area contributed by atoms with Crippen LogP contribution < -0.4 is 14.4 Å². The average Bonchev–Trinajstić information content (AvgIpc) is 3.17. The molecule has 2 aliphatic rings. The van der Waals surface area contributed by atoms with E-state index < -0.39 is 0 Å². The first kappa shape index (κ1) is 14.7. The van der Waals surface area contributed by atoms with E-state index in [9.17, 15) is 4.79 Å². The average molecular weight is 326 g/mol. The largest absolute Gasteiger partial charge is 0.454 e. The Morgan fingerprint density at radius 2 is 2.04 bits per heavy atom. The quantitative estimate of drug-likeness (QED) is 0.859. The van der Waals surface area contributed by atoms with Crippen LogP contribution in [-0.4, -0.2) is 41.7 Å². The fourth-order valence-electron chi connectivity index (χ4n) is 2.97. The highest BCUT2D eigenvalue weighted by molar-refractivity contribution is 5.97. The predicted octanol–water partition coefficient (Wildman–Crippen LogP) is 1.99. The predicted molar refractivity (Wildman–Crippen MR) is 87.2 cm³/mol. The van der Waals surface area contributed by atoms with Gasteiger partial charge in [-0.2, -0.15) is 0 Å². The molecule has 0 saturated heterocycles. The van der Waals surface area contributed by atoms with Crippen molar-refractivity contribution in [3.63, 3.8) is 0 Å². The zero-order chi connectivity index (χ0) is 16.8. The monoisotopic (exact) mass is 326 g/mol. The molecule has 2 aliphatic heterocycles. The number of aromatic nitrogens is 2. The van der Waals surface area contributed by atoms with Crippen LogP contribution in [0.5, 0.6) is 11.5 Å². The number of hydrogen-bond acceptors (Lipinski definition) is 6. The summed E-state index contributed by atoms with van der Waals surface area (Å²) in [7, 11) is 3.76. The first-order valence-electron chi connectivity index (χ1n) is 7.78. The molecule has 7 nitrogen and oxygen atoms in total. The van der Waals surface area contributed by atoms with Crippen molar-refractivity contribution in [1.29, 1.82) is 0 Å². The maximum absolute atomic E-state index is 12.7. The molecule has 3 heterocycles. The molecular weight excluding hydrogens is 308 g/mol. The summed E-state index contributed by atoms with van der Waals surface area (Å²) in [6.07, 6.45) is 1.62. The molecule has 4 rings (SSSR count). The normalized spacial score (nSPS) is 16.3. The lowest BCUT2D eigenvalue weighted by atomic mass is 10.1. The highest BCUT2D eigenvalue weighted by atomic mass is 16.7. The van der Waals surface area contributed by atoms with E-state index in [0.29, 0.717) is 18.1 Å². The van der Waals surface area contributed by atoms with Gasteiger partial charge in [0.2, 0.25) is 12.7 Å². The van der Waals surface area contributed by atoms with Gasteiger partial charge in [-0.1, -0.05) is 6.07 Å². The van der Waals surface area contributed by atoms with Crippen molar-refractivity contribution in [2.24, 2.45) is 0 Å². The van der Waals surface area contributed by atoms with Crippen LogP contribution in [0.15, 0.2) is 24.4 Å². The van der Waals surface area contributed by atoms with Crippen molar-refractivity contribution in [1.82, 2.24) is 14.9 Å². The first-order chi connectivity index (χ1) is 11.5. The molecule has 124 valence electrons. The smallest absolute Gasteiger partial charge is 0.258 e. The Hall–Kier alpha value is -2.83. The summed E-state index contributed by atoms with van der Waals surface area (Å²) in [6, 6.07) is 5.68. The van der Waals surface area contributed by atoms with E-state index >= 15 is 0 Å². The summed E-state index contributed by atoms with van der Waals surface area (Å²) in [4.78, 5) is 25.1. The molecule has 0 aliphatic carbocycles. The molecule has 0 fully saturated rings. The third-order valence-electron chi connectivity index (χ3n) is 4.41. The summed E-state index contributed by atoms with van der Waals surface area (Å²) >= 11 is 0. The van der Waals surface area contributed by atoms with E-state index in [1.54, 1.807) is 11.1 Å². The van der Waals surface area contributed by atoms with E-state index in [4.69, 9.17) is 9.47 Å². The van der Waals surface area contributed by atoms with Gasteiger partial charge in [-0.3, -0.25) is 4.79 Å². The Balaban J connectivity index is 1.62. The number of rotatable bonds is 3. The Morgan fingerprint density at radius 1 is 1.25 bits per heavy atom. The zero-order valence-electron chi connectivity index (χ0n) is 13.8. The molecule has 1 amide bonds. The Kier molecular flexibility index (Phi) is 3.30. The molecule has 0 spiro atoms. The molecule has 0 radical (unpaired) electrons. The third-order valence-corrected chi connectivity index (χ3v) is 4.41. The number of fused-ring (bicyclic) bond motifs is 2. The van der Waals surface area contributed by atoms with E-state index in [-0.39, 0.29) is 18.7 Å². The number of carbonyl (C=O) groups is 1. The fraction of sp³-hybridized carbons (Fsp3) is 0.353. The molecule has 2 aromatic rings. The van der Waals surface area contributed by atoms with Gasteiger partial charge in [0.25, 0.3) is 5.91 Å². The summed E-state index contributed by atoms with van der Waals surface area (Å²) in [5.74, 6) is 2.03. The van der Waals surface area contributed by atoms with Gasteiger partial charge >= 0.3 is 0 Å². The zero-order valence-corrected chi connectivity index (χ0v) is 13.8. The molecule has 0 N–H and O–H groups in total. The second kappa shape index (κ2) is 5.36. The van der Waals surface area contributed by atoms with Gasteiger partial charge < -0.3 is 19.3 Å². The van der Waals surface area contributed by atoms with Crippen LogP contribution in [-0.2, 0) is 6.54 Å². The van der Waals surface area contributed by atoms with E-state index in [2.05, 4.69) is 9.97 Å². The maximum Gasteiger partial charge on any atom is 0.258 e. The molecule has 1 atom stereocenters. The minimum Gasteiger partial charge on any atom is -0.454 e. The van der Waals surface area contributed by atoms with Gasteiger partial charge in [0.05, 0.1) is 23.8 Å². The standard InChI is InChI=1S/C17H18N4O3/c1-10(11-4-5-14-15(6-11)24-9-23-14)21-8-13-12(16(21)22)7-18-17(19-13)20(2)3/h4-7,10H,8-9H2,1-3H3/t10-/m1/s1. The molecular formula is C17H18N4O3. The Labute approximate surface area is 139 Å². The summed E-state index contributed by atoms with van der Waals surface area (Å²) in [5.41, 5.74) is 2.35. The van der Waals surface area contributed by atoms with Crippen LogP contribution in [0.25, 0.3) is 0 Å². The number of carbonyl (C=O) groups excluding carboxylic acids is 1. The maximum atomic E-state index is 12.7. The lowest BCUT2D eigenvalue weighted by Crippen LogP contribution is -2.27. The molecule has 0 bridgehead atoms. The van der Waals surface area contributed by atoms with Crippen LogP contribution in [0.3, 0.4) is 0 Å². The Bertz CT molecular complexity index is 821. The van der Waals surface area contributed by atoms with Gasteiger partial charge in [-0.25, -0.2) is 9.97 Å². The number of ether oxygens (including phenoxy) is 2. The Morgan fingerprint density at radius 3 is 2.83 bits per heavy atom. The van der Waals surface area contributed by atoms with Crippen molar-refractivity contribution in [2.45, 2.75) is 19.5 Å². The van der Waals surface area contributed by atoms with Crippen molar-refractivity contribution >= 4 is 11.9 Å².